The van der Waals surface area contributed by atoms with E-state index >= 15 is 0 Å². The number of amides is 1. The molecule has 0 aliphatic carbocycles. The first-order valence-electron chi connectivity index (χ1n) is 8.35. The lowest BCUT2D eigenvalue weighted by Gasteiger charge is -2.12. The molecule has 1 N–H and O–H groups in total. The van der Waals surface area contributed by atoms with Crippen molar-refractivity contribution in [2.45, 2.75) is 39.5 Å². The van der Waals surface area contributed by atoms with Crippen molar-refractivity contribution in [2.24, 2.45) is 0 Å². The quantitative estimate of drug-likeness (QED) is 0.587. The van der Waals surface area contributed by atoms with Crippen LogP contribution >= 0.6 is 15.9 Å². The Morgan fingerprint density at radius 2 is 2.00 bits per heavy atom. The van der Waals surface area contributed by atoms with Crippen LogP contribution in [0.1, 0.15) is 43.7 Å². The molecular formula is C20H23BrFNO2. The number of benzene rings is 2. The van der Waals surface area contributed by atoms with Gasteiger partial charge in [-0.05, 0) is 60.7 Å². The maximum atomic E-state index is 13.7. The van der Waals surface area contributed by atoms with E-state index in [0.29, 0.717) is 23.4 Å². The Hall–Kier alpha value is -1.88. The van der Waals surface area contributed by atoms with E-state index in [2.05, 4.69) is 48.1 Å². The fourth-order valence-corrected chi connectivity index (χ4v) is 2.95. The number of hydrogen-bond donors (Lipinski definition) is 1. The summed E-state index contributed by atoms with van der Waals surface area (Å²) in [5, 5.41) is 2.57. The van der Waals surface area contributed by atoms with E-state index < -0.39 is 5.82 Å². The highest BCUT2D eigenvalue weighted by Gasteiger charge is 2.08. The predicted molar refractivity (Wildman–Crippen MR) is 103 cm³/mol. The highest BCUT2D eigenvalue weighted by molar-refractivity contribution is 9.10. The Bertz CT molecular complexity index is 746. The highest BCUT2D eigenvalue weighted by atomic mass is 79.9. The number of anilines is 1. The molecule has 2 aromatic carbocycles. The van der Waals surface area contributed by atoms with Gasteiger partial charge < -0.3 is 10.1 Å². The van der Waals surface area contributed by atoms with Crippen molar-refractivity contribution in [2.75, 3.05) is 11.9 Å². The molecule has 0 atom stereocenters. The third-order valence-electron chi connectivity index (χ3n) is 3.89. The van der Waals surface area contributed by atoms with Gasteiger partial charge in [-0.1, -0.05) is 35.8 Å². The molecule has 0 radical (unpaired) electrons. The van der Waals surface area contributed by atoms with Gasteiger partial charge in [-0.2, -0.15) is 0 Å². The minimum absolute atomic E-state index is 0.189. The second-order valence-corrected chi connectivity index (χ2v) is 7.21. The fourth-order valence-electron chi connectivity index (χ4n) is 2.61. The monoisotopic (exact) mass is 407 g/mol. The zero-order valence-corrected chi connectivity index (χ0v) is 16.3. The van der Waals surface area contributed by atoms with E-state index in [1.165, 1.54) is 23.3 Å². The first kappa shape index (κ1) is 19.4. The second kappa shape index (κ2) is 8.99. The van der Waals surface area contributed by atoms with Gasteiger partial charge in [0, 0.05) is 10.9 Å². The first-order chi connectivity index (χ1) is 11.9. The maximum absolute atomic E-state index is 13.7. The van der Waals surface area contributed by atoms with E-state index in [1.54, 1.807) is 6.07 Å². The standard InChI is InChI=1S/C20H23BrFNO2/c1-13(2)17-8-7-16(11-14(17)3)25-10-4-5-20(24)23-19-9-6-15(21)12-18(19)22/h6-9,11-13H,4-5,10H2,1-3H3,(H,23,24). The lowest BCUT2D eigenvalue weighted by molar-refractivity contribution is -0.116. The Morgan fingerprint density at radius 1 is 1.24 bits per heavy atom. The molecule has 5 heteroatoms. The van der Waals surface area contributed by atoms with Gasteiger partial charge in [-0.25, -0.2) is 4.39 Å². The molecule has 0 bridgehead atoms. The second-order valence-electron chi connectivity index (χ2n) is 6.30. The van der Waals surface area contributed by atoms with Crippen molar-refractivity contribution in [1.29, 1.82) is 0 Å². The SMILES string of the molecule is Cc1cc(OCCCC(=O)Nc2ccc(Br)cc2F)ccc1C(C)C. The van der Waals surface area contributed by atoms with Crippen LogP contribution < -0.4 is 10.1 Å². The summed E-state index contributed by atoms with van der Waals surface area (Å²) in [6, 6.07) is 10.6. The summed E-state index contributed by atoms with van der Waals surface area (Å²) in [5.41, 5.74) is 2.70. The van der Waals surface area contributed by atoms with Crippen molar-refractivity contribution in [3.63, 3.8) is 0 Å². The topological polar surface area (TPSA) is 38.3 Å². The van der Waals surface area contributed by atoms with Gasteiger partial charge >= 0.3 is 0 Å². The molecule has 0 heterocycles. The number of aryl methyl sites for hydroxylation is 1. The Morgan fingerprint density at radius 3 is 2.64 bits per heavy atom. The number of rotatable bonds is 7. The molecule has 0 aliphatic heterocycles. The molecule has 2 aromatic rings. The minimum Gasteiger partial charge on any atom is -0.494 e. The molecular weight excluding hydrogens is 385 g/mol. The van der Waals surface area contributed by atoms with Crippen LogP contribution in [0.25, 0.3) is 0 Å². The molecule has 2 rings (SSSR count). The van der Waals surface area contributed by atoms with Gasteiger partial charge in [0.2, 0.25) is 5.91 Å². The number of carbonyl (C=O) groups excluding carboxylic acids is 1. The third-order valence-corrected chi connectivity index (χ3v) is 4.38. The molecule has 0 aromatic heterocycles. The smallest absolute Gasteiger partial charge is 0.224 e. The molecule has 134 valence electrons. The third kappa shape index (κ3) is 5.85. The summed E-state index contributed by atoms with van der Waals surface area (Å²) in [7, 11) is 0. The Balaban J connectivity index is 1.77. The van der Waals surface area contributed by atoms with Crippen molar-refractivity contribution in [3.05, 3.63) is 57.8 Å². The van der Waals surface area contributed by atoms with Crippen LogP contribution in [0.5, 0.6) is 5.75 Å². The largest absolute Gasteiger partial charge is 0.494 e. The summed E-state index contributed by atoms with van der Waals surface area (Å²) in [4.78, 5) is 11.9. The van der Waals surface area contributed by atoms with Gasteiger partial charge in [-0.3, -0.25) is 4.79 Å². The summed E-state index contributed by atoms with van der Waals surface area (Å²) in [6.45, 7) is 6.84. The minimum atomic E-state index is -0.459. The van der Waals surface area contributed by atoms with E-state index in [0.717, 1.165) is 5.75 Å². The molecule has 3 nitrogen and oxygen atoms in total. The molecule has 0 spiro atoms. The maximum Gasteiger partial charge on any atom is 0.224 e. The normalized spacial score (nSPS) is 10.8. The van der Waals surface area contributed by atoms with Crippen molar-refractivity contribution in [3.8, 4) is 5.75 Å². The van der Waals surface area contributed by atoms with Crippen LogP contribution in [0.4, 0.5) is 10.1 Å². The van der Waals surface area contributed by atoms with Crippen molar-refractivity contribution in [1.82, 2.24) is 0 Å². The van der Waals surface area contributed by atoms with Gasteiger partial charge in [0.15, 0.2) is 0 Å². The van der Waals surface area contributed by atoms with Crippen LogP contribution in [-0.4, -0.2) is 12.5 Å². The lowest BCUT2D eigenvalue weighted by atomic mass is 9.98. The molecule has 0 saturated heterocycles. The molecule has 0 fully saturated rings. The Labute approximate surface area is 156 Å². The van der Waals surface area contributed by atoms with Crippen LogP contribution in [0.2, 0.25) is 0 Å². The molecule has 0 saturated carbocycles. The van der Waals surface area contributed by atoms with Gasteiger partial charge in [-0.15, -0.1) is 0 Å². The summed E-state index contributed by atoms with van der Waals surface area (Å²) < 4.78 is 20.0. The molecule has 0 aliphatic rings. The lowest BCUT2D eigenvalue weighted by Crippen LogP contribution is -2.13. The molecule has 1 amide bonds. The van der Waals surface area contributed by atoms with E-state index in [9.17, 15) is 9.18 Å². The van der Waals surface area contributed by atoms with Gasteiger partial charge in [0.1, 0.15) is 11.6 Å². The molecule has 25 heavy (non-hydrogen) atoms. The van der Waals surface area contributed by atoms with E-state index in [4.69, 9.17) is 4.74 Å². The number of nitrogens with one attached hydrogen (secondary N) is 1. The number of carbonyl (C=O) groups is 1. The van der Waals surface area contributed by atoms with Crippen LogP contribution in [-0.2, 0) is 4.79 Å². The average molecular weight is 408 g/mol. The van der Waals surface area contributed by atoms with Gasteiger partial charge in [0.05, 0.1) is 12.3 Å². The van der Waals surface area contributed by atoms with Crippen molar-refractivity contribution >= 4 is 27.5 Å². The van der Waals surface area contributed by atoms with Gasteiger partial charge in [0.25, 0.3) is 0 Å². The van der Waals surface area contributed by atoms with Crippen molar-refractivity contribution < 1.29 is 13.9 Å². The average Bonchev–Trinajstić information content (AvgIpc) is 2.54. The van der Waals surface area contributed by atoms with Crippen LogP contribution in [0, 0.1) is 12.7 Å². The highest BCUT2D eigenvalue weighted by Crippen LogP contribution is 2.23. The first-order valence-corrected chi connectivity index (χ1v) is 9.14. The number of hydrogen-bond acceptors (Lipinski definition) is 2. The fraction of sp³-hybridized carbons (Fsp3) is 0.350. The zero-order valence-electron chi connectivity index (χ0n) is 14.7. The summed E-state index contributed by atoms with van der Waals surface area (Å²) in [6.07, 6.45) is 0.841. The van der Waals surface area contributed by atoms with Crippen LogP contribution in [0.3, 0.4) is 0 Å². The number of halogens is 2. The van der Waals surface area contributed by atoms with E-state index in [-0.39, 0.29) is 18.0 Å². The van der Waals surface area contributed by atoms with Crippen LogP contribution in [0.15, 0.2) is 40.9 Å². The zero-order chi connectivity index (χ0) is 18.4. The Kier molecular flexibility index (Phi) is 7.00. The predicted octanol–water partition coefficient (Wildman–Crippen LogP) is 5.82. The summed E-state index contributed by atoms with van der Waals surface area (Å²) >= 11 is 3.18. The summed E-state index contributed by atoms with van der Waals surface area (Å²) in [5.74, 6) is 0.605. The number of ether oxygens (including phenoxy) is 1. The molecule has 0 unspecified atom stereocenters. The van der Waals surface area contributed by atoms with E-state index in [1.807, 2.05) is 12.1 Å².